The Hall–Kier alpha value is -1.62. The molecule has 1 fully saturated rings. The zero-order valence-corrected chi connectivity index (χ0v) is 10.1. The van der Waals surface area contributed by atoms with Crippen molar-refractivity contribution in [2.45, 2.75) is 31.9 Å². The van der Waals surface area contributed by atoms with E-state index in [1.54, 1.807) is 0 Å². The van der Waals surface area contributed by atoms with Crippen LogP contribution in [0.1, 0.15) is 30.1 Å². The van der Waals surface area contributed by atoms with Gasteiger partial charge < -0.3 is 15.2 Å². The maximum Gasteiger partial charge on any atom is 0.337 e. The van der Waals surface area contributed by atoms with E-state index in [4.69, 9.17) is 9.84 Å². The Balaban J connectivity index is 2.19. The molecular weight excluding hydrogens is 237 g/mol. The number of aromatic carboxylic acids is 1. The Labute approximate surface area is 105 Å². The Morgan fingerprint density at radius 2 is 2.39 bits per heavy atom. The molecule has 0 aliphatic carbocycles. The molecule has 1 aromatic carbocycles. The number of carboxylic acids is 1. The minimum atomic E-state index is -1.14. The van der Waals surface area contributed by atoms with Gasteiger partial charge in [-0.05, 0) is 31.9 Å². The molecule has 0 bridgehead atoms. The van der Waals surface area contributed by atoms with Gasteiger partial charge >= 0.3 is 5.97 Å². The number of carbonyl (C=O) groups is 1. The van der Waals surface area contributed by atoms with E-state index in [2.05, 4.69) is 5.32 Å². The molecule has 2 rings (SSSR count). The minimum absolute atomic E-state index is 0.00579. The maximum atomic E-state index is 13.7. The number of anilines is 1. The largest absolute Gasteiger partial charge is 0.478 e. The molecule has 1 aliphatic rings. The van der Waals surface area contributed by atoms with E-state index >= 15 is 0 Å². The number of ether oxygens (including phenoxy) is 1. The van der Waals surface area contributed by atoms with Gasteiger partial charge in [-0.3, -0.25) is 0 Å². The van der Waals surface area contributed by atoms with Crippen molar-refractivity contribution in [1.82, 2.24) is 0 Å². The highest BCUT2D eigenvalue weighted by Crippen LogP contribution is 2.24. The van der Waals surface area contributed by atoms with Gasteiger partial charge in [-0.2, -0.15) is 0 Å². The average molecular weight is 253 g/mol. The van der Waals surface area contributed by atoms with Gasteiger partial charge in [0.05, 0.1) is 17.4 Å². The first-order valence-corrected chi connectivity index (χ1v) is 5.99. The Bertz CT molecular complexity index is 444. The molecular formula is C13H16FNO3. The van der Waals surface area contributed by atoms with Crippen LogP contribution in [0.2, 0.25) is 0 Å². The molecule has 0 radical (unpaired) electrons. The molecule has 0 spiro atoms. The van der Waals surface area contributed by atoms with Crippen LogP contribution in [-0.4, -0.2) is 29.8 Å². The number of rotatable bonds is 4. The van der Waals surface area contributed by atoms with Crippen molar-refractivity contribution in [2.75, 3.05) is 11.9 Å². The van der Waals surface area contributed by atoms with Crippen LogP contribution in [0.15, 0.2) is 18.2 Å². The second-order valence-corrected chi connectivity index (χ2v) is 4.45. The van der Waals surface area contributed by atoms with Crippen molar-refractivity contribution >= 4 is 11.7 Å². The van der Waals surface area contributed by atoms with E-state index in [1.807, 2.05) is 6.92 Å². The third kappa shape index (κ3) is 2.61. The highest BCUT2D eigenvalue weighted by Gasteiger charge is 2.24. The fraction of sp³-hybridized carbons (Fsp3) is 0.462. The summed E-state index contributed by atoms with van der Waals surface area (Å²) in [5, 5.41) is 12.0. The van der Waals surface area contributed by atoms with Crippen molar-refractivity contribution in [3.05, 3.63) is 29.6 Å². The van der Waals surface area contributed by atoms with Crippen LogP contribution < -0.4 is 5.32 Å². The van der Waals surface area contributed by atoms with Crippen LogP contribution in [-0.2, 0) is 4.74 Å². The van der Waals surface area contributed by atoms with E-state index < -0.39 is 11.8 Å². The summed E-state index contributed by atoms with van der Waals surface area (Å²) in [5.41, 5.74) is -0.0205. The van der Waals surface area contributed by atoms with E-state index in [0.29, 0.717) is 6.61 Å². The average Bonchev–Trinajstić information content (AvgIpc) is 2.85. The summed E-state index contributed by atoms with van der Waals surface area (Å²) < 4.78 is 19.2. The molecule has 5 heteroatoms. The van der Waals surface area contributed by atoms with E-state index in [1.165, 1.54) is 18.2 Å². The lowest BCUT2D eigenvalue weighted by Gasteiger charge is -2.22. The first-order chi connectivity index (χ1) is 8.59. The Morgan fingerprint density at radius 1 is 1.61 bits per heavy atom. The van der Waals surface area contributed by atoms with Crippen LogP contribution in [0, 0.1) is 5.82 Å². The van der Waals surface area contributed by atoms with E-state index in [9.17, 15) is 9.18 Å². The standard InChI is InChI=1S/C13H16FNO3/c1-8(11-6-3-7-18-11)15-12-9(13(16)17)4-2-5-10(12)14/h2,4-5,8,11,15H,3,6-7H2,1H3,(H,16,17). The van der Waals surface area contributed by atoms with Crippen LogP contribution in [0.5, 0.6) is 0 Å². The SMILES string of the molecule is CC(Nc1c(F)cccc1C(=O)O)C1CCCO1. The monoisotopic (exact) mass is 253 g/mol. The van der Waals surface area contributed by atoms with Crippen LogP contribution in [0.3, 0.4) is 0 Å². The summed E-state index contributed by atoms with van der Waals surface area (Å²) in [6.07, 6.45) is 1.90. The summed E-state index contributed by atoms with van der Waals surface area (Å²) >= 11 is 0. The fourth-order valence-corrected chi connectivity index (χ4v) is 2.17. The third-order valence-corrected chi connectivity index (χ3v) is 3.14. The van der Waals surface area contributed by atoms with Gasteiger partial charge in [0.15, 0.2) is 0 Å². The normalized spacial score (nSPS) is 20.7. The molecule has 1 saturated heterocycles. The lowest BCUT2D eigenvalue weighted by Crippen LogP contribution is -2.31. The van der Waals surface area contributed by atoms with Gasteiger partial charge in [0, 0.05) is 12.6 Å². The molecule has 1 aliphatic heterocycles. The molecule has 2 atom stereocenters. The van der Waals surface area contributed by atoms with Gasteiger partial charge in [-0.25, -0.2) is 9.18 Å². The number of nitrogens with one attached hydrogen (secondary N) is 1. The lowest BCUT2D eigenvalue weighted by molar-refractivity contribution is 0.0696. The summed E-state index contributed by atoms with van der Waals surface area (Å²) in [6.45, 7) is 2.58. The first kappa shape index (κ1) is 12.8. The van der Waals surface area contributed by atoms with Crippen molar-refractivity contribution in [3.63, 3.8) is 0 Å². The minimum Gasteiger partial charge on any atom is -0.478 e. The zero-order chi connectivity index (χ0) is 13.1. The topological polar surface area (TPSA) is 58.6 Å². The highest BCUT2D eigenvalue weighted by molar-refractivity contribution is 5.94. The van der Waals surface area contributed by atoms with E-state index in [0.717, 1.165) is 12.8 Å². The second-order valence-electron chi connectivity index (χ2n) is 4.45. The number of hydrogen-bond donors (Lipinski definition) is 2. The Morgan fingerprint density at radius 3 is 3.00 bits per heavy atom. The van der Waals surface area contributed by atoms with Crippen molar-refractivity contribution < 1.29 is 19.0 Å². The summed E-state index contributed by atoms with van der Waals surface area (Å²) in [4.78, 5) is 11.0. The number of hydrogen-bond acceptors (Lipinski definition) is 3. The number of carboxylic acid groups (broad SMARTS) is 1. The molecule has 1 aromatic rings. The molecule has 2 unspecified atom stereocenters. The van der Waals surface area contributed by atoms with Crippen molar-refractivity contribution in [2.24, 2.45) is 0 Å². The Kier molecular flexibility index (Phi) is 3.81. The quantitative estimate of drug-likeness (QED) is 0.865. The predicted molar refractivity (Wildman–Crippen MR) is 65.4 cm³/mol. The van der Waals surface area contributed by atoms with Gasteiger partial charge in [0.25, 0.3) is 0 Å². The zero-order valence-electron chi connectivity index (χ0n) is 10.1. The van der Waals surface area contributed by atoms with Gasteiger partial charge in [-0.15, -0.1) is 0 Å². The van der Waals surface area contributed by atoms with Crippen LogP contribution in [0.4, 0.5) is 10.1 Å². The molecule has 4 nitrogen and oxygen atoms in total. The number of benzene rings is 1. The van der Waals surface area contributed by atoms with Crippen LogP contribution in [0.25, 0.3) is 0 Å². The molecule has 18 heavy (non-hydrogen) atoms. The highest BCUT2D eigenvalue weighted by atomic mass is 19.1. The molecule has 2 N–H and O–H groups in total. The van der Waals surface area contributed by atoms with Crippen LogP contribution >= 0.6 is 0 Å². The lowest BCUT2D eigenvalue weighted by atomic mass is 10.1. The van der Waals surface area contributed by atoms with E-state index in [-0.39, 0.29) is 23.4 Å². The molecule has 0 amide bonds. The first-order valence-electron chi connectivity index (χ1n) is 5.99. The second kappa shape index (κ2) is 5.35. The van der Waals surface area contributed by atoms with Gasteiger partial charge in [-0.1, -0.05) is 6.07 Å². The fourth-order valence-electron chi connectivity index (χ4n) is 2.17. The smallest absolute Gasteiger partial charge is 0.337 e. The summed E-state index contributed by atoms with van der Waals surface area (Å²) in [6, 6.07) is 3.90. The predicted octanol–water partition coefficient (Wildman–Crippen LogP) is 2.50. The molecule has 0 aromatic heterocycles. The summed E-state index contributed by atoms with van der Waals surface area (Å²) in [5.74, 6) is -1.70. The molecule has 98 valence electrons. The number of halogens is 1. The number of para-hydroxylation sites is 1. The molecule has 0 saturated carbocycles. The van der Waals surface area contributed by atoms with Crippen molar-refractivity contribution in [1.29, 1.82) is 0 Å². The van der Waals surface area contributed by atoms with Gasteiger partial charge in [0.1, 0.15) is 5.82 Å². The van der Waals surface area contributed by atoms with Crippen molar-refractivity contribution in [3.8, 4) is 0 Å². The maximum absolute atomic E-state index is 13.7. The molecule has 1 heterocycles. The third-order valence-electron chi connectivity index (χ3n) is 3.14. The van der Waals surface area contributed by atoms with Gasteiger partial charge in [0.2, 0.25) is 0 Å². The summed E-state index contributed by atoms with van der Waals surface area (Å²) in [7, 11) is 0.